The quantitative estimate of drug-likeness (QED) is 0.245. The van der Waals surface area contributed by atoms with Gasteiger partial charge in [0.25, 0.3) is 5.91 Å². The number of benzene rings is 1. The Hall–Kier alpha value is -4.10. The molecule has 1 saturated heterocycles. The second-order valence-corrected chi connectivity index (χ2v) is 8.13. The zero-order valence-corrected chi connectivity index (χ0v) is 19.8. The van der Waals surface area contributed by atoms with Crippen LogP contribution in [0.5, 0.6) is 0 Å². The van der Waals surface area contributed by atoms with Gasteiger partial charge in [-0.2, -0.15) is 0 Å². The van der Waals surface area contributed by atoms with Crippen LogP contribution in [-0.4, -0.2) is 74.3 Å². The fraction of sp³-hybridized carbons (Fsp3) is 0.391. The summed E-state index contributed by atoms with van der Waals surface area (Å²) < 4.78 is 13.0. The number of anilines is 2. The Labute approximate surface area is 206 Å². The van der Waals surface area contributed by atoms with Crippen molar-refractivity contribution in [2.75, 3.05) is 30.3 Å². The van der Waals surface area contributed by atoms with Crippen molar-refractivity contribution in [3.63, 3.8) is 0 Å². The number of imidazole rings is 1. The number of rotatable bonds is 9. The van der Waals surface area contributed by atoms with Gasteiger partial charge in [0.05, 0.1) is 6.61 Å². The van der Waals surface area contributed by atoms with E-state index in [0.717, 1.165) is 0 Å². The van der Waals surface area contributed by atoms with Gasteiger partial charge in [-0.1, -0.05) is 18.2 Å². The van der Waals surface area contributed by atoms with Crippen LogP contribution in [0.3, 0.4) is 0 Å². The highest BCUT2D eigenvalue weighted by molar-refractivity contribution is 6.06. The Morgan fingerprint density at radius 3 is 2.64 bits per heavy atom. The number of carbonyl (C=O) groups excluding carboxylic acids is 3. The third kappa shape index (κ3) is 5.58. The van der Waals surface area contributed by atoms with Crippen molar-refractivity contribution in [1.29, 1.82) is 0 Å². The number of amides is 2. The molecule has 0 unspecified atom stereocenters. The smallest absolute Gasteiger partial charge is 0.302 e. The van der Waals surface area contributed by atoms with Gasteiger partial charge in [-0.3, -0.25) is 19.0 Å². The van der Waals surface area contributed by atoms with E-state index in [2.05, 4.69) is 30.9 Å². The number of ether oxygens (including phenoxy) is 2. The summed E-state index contributed by atoms with van der Waals surface area (Å²) in [5, 5.41) is 18.4. The molecule has 36 heavy (non-hydrogen) atoms. The molecule has 190 valence electrons. The van der Waals surface area contributed by atoms with Crippen molar-refractivity contribution in [3.05, 3.63) is 42.2 Å². The molecule has 3 atom stereocenters. The Balaban J connectivity index is 1.68. The summed E-state index contributed by atoms with van der Waals surface area (Å²) >= 11 is 0. The molecule has 0 saturated carbocycles. The molecular weight excluding hydrogens is 470 g/mol. The van der Waals surface area contributed by atoms with Crippen LogP contribution in [0.15, 0.2) is 36.7 Å². The van der Waals surface area contributed by atoms with E-state index in [9.17, 15) is 19.5 Å². The number of hydrogen-bond donors (Lipinski definition) is 4. The molecular formula is C23H27N7O6. The number of nitrogens with one attached hydrogen (secondary N) is 3. The number of aromatic nitrogens is 4. The topological polar surface area (TPSA) is 170 Å². The minimum Gasteiger partial charge on any atom is -0.460 e. The van der Waals surface area contributed by atoms with Gasteiger partial charge in [0, 0.05) is 38.9 Å². The third-order valence-electron chi connectivity index (χ3n) is 5.49. The van der Waals surface area contributed by atoms with Gasteiger partial charge in [-0.05, 0) is 12.1 Å². The maximum absolute atomic E-state index is 12.7. The fourth-order valence-corrected chi connectivity index (χ4v) is 3.94. The van der Waals surface area contributed by atoms with Gasteiger partial charge in [0.1, 0.15) is 24.8 Å². The lowest BCUT2D eigenvalue weighted by molar-refractivity contribution is -0.150. The van der Waals surface area contributed by atoms with E-state index in [1.54, 1.807) is 28.8 Å². The molecule has 2 amide bonds. The van der Waals surface area contributed by atoms with Gasteiger partial charge in [0.15, 0.2) is 17.0 Å². The van der Waals surface area contributed by atoms with Crippen molar-refractivity contribution >= 4 is 40.7 Å². The normalized spacial score (nSPS) is 19.1. The van der Waals surface area contributed by atoms with Crippen molar-refractivity contribution in [3.8, 4) is 0 Å². The summed E-state index contributed by atoms with van der Waals surface area (Å²) in [6, 6.07) is 8.68. The monoisotopic (exact) mass is 497 g/mol. The highest BCUT2D eigenvalue weighted by atomic mass is 16.6. The predicted molar refractivity (Wildman–Crippen MR) is 128 cm³/mol. The highest BCUT2D eigenvalue weighted by Crippen LogP contribution is 2.36. The molecule has 0 bridgehead atoms. The summed E-state index contributed by atoms with van der Waals surface area (Å²) in [5.41, 5.74) is 1.12. The van der Waals surface area contributed by atoms with E-state index < -0.39 is 24.4 Å². The van der Waals surface area contributed by atoms with Gasteiger partial charge >= 0.3 is 5.97 Å². The Morgan fingerprint density at radius 2 is 1.94 bits per heavy atom. The first kappa shape index (κ1) is 25.0. The SMILES string of the molecule is CC(=O)NCCNc1nc2c(NC(=O)c3ccccc3)ncnc2n1[C@H]1C[C@H](OC(C)=O)[C@@H](CO)O1. The molecule has 13 nitrogen and oxygen atoms in total. The number of fused-ring (bicyclic) bond motifs is 1. The van der Waals surface area contributed by atoms with Crippen LogP contribution in [0.1, 0.15) is 36.9 Å². The molecule has 4 N–H and O–H groups in total. The Kier molecular flexibility index (Phi) is 7.71. The third-order valence-corrected chi connectivity index (χ3v) is 5.49. The highest BCUT2D eigenvalue weighted by Gasteiger charge is 2.40. The van der Waals surface area contributed by atoms with Crippen LogP contribution >= 0.6 is 0 Å². The summed E-state index contributed by atoms with van der Waals surface area (Å²) in [6.07, 6.45) is -0.548. The molecule has 1 aliphatic heterocycles. The summed E-state index contributed by atoms with van der Waals surface area (Å²) in [6.45, 7) is 3.04. The first-order valence-electron chi connectivity index (χ1n) is 11.4. The van der Waals surface area contributed by atoms with Crippen LogP contribution in [-0.2, 0) is 19.1 Å². The number of aliphatic hydroxyl groups excluding tert-OH is 1. The largest absolute Gasteiger partial charge is 0.460 e. The second-order valence-electron chi connectivity index (χ2n) is 8.13. The van der Waals surface area contributed by atoms with Crippen molar-refractivity contribution in [1.82, 2.24) is 24.8 Å². The fourth-order valence-electron chi connectivity index (χ4n) is 3.94. The number of nitrogens with zero attached hydrogens (tertiary/aromatic N) is 4. The van der Waals surface area contributed by atoms with Crippen molar-refractivity contribution in [2.45, 2.75) is 38.7 Å². The Bertz CT molecular complexity index is 1250. The first-order chi connectivity index (χ1) is 17.4. The van der Waals surface area contributed by atoms with E-state index in [1.807, 2.05) is 6.07 Å². The van der Waals surface area contributed by atoms with Crippen molar-refractivity contribution in [2.24, 2.45) is 0 Å². The van der Waals surface area contributed by atoms with E-state index in [0.29, 0.717) is 35.8 Å². The van der Waals surface area contributed by atoms with Crippen molar-refractivity contribution < 1.29 is 29.0 Å². The molecule has 4 rings (SSSR count). The van der Waals surface area contributed by atoms with Gasteiger partial charge in [0.2, 0.25) is 11.9 Å². The van der Waals surface area contributed by atoms with Gasteiger partial charge in [-0.15, -0.1) is 0 Å². The van der Waals surface area contributed by atoms with E-state index in [4.69, 9.17) is 9.47 Å². The number of esters is 1. The van der Waals surface area contributed by atoms with Crippen LogP contribution in [0, 0.1) is 0 Å². The molecule has 1 aliphatic rings. The van der Waals surface area contributed by atoms with E-state index in [1.165, 1.54) is 20.2 Å². The minimum atomic E-state index is -0.734. The number of aliphatic hydroxyl groups is 1. The van der Waals surface area contributed by atoms with Crippen LogP contribution in [0.4, 0.5) is 11.8 Å². The minimum absolute atomic E-state index is 0.170. The lowest BCUT2D eigenvalue weighted by atomic mass is 10.2. The van der Waals surface area contributed by atoms with Gasteiger partial charge < -0.3 is 30.5 Å². The molecule has 3 aromatic rings. The molecule has 3 heterocycles. The molecule has 0 radical (unpaired) electrons. The van der Waals surface area contributed by atoms with Gasteiger partial charge in [-0.25, -0.2) is 15.0 Å². The number of hydrogen-bond acceptors (Lipinski definition) is 10. The van der Waals surface area contributed by atoms with E-state index >= 15 is 0 Å². The average Bonchev–Trinajstić information content (AvgIpc) is 3.42. The second kappa shape index (κ2) is 11.1. The molecule has 13 heteroatoms. The zero-order chi connectivity index (χ0) is 25.7. The van der Waals surface area contributed by atoms with Crippen LogP contribution in [0.2, 0.25) is 0 Å². The maximum atomic E-state index is 12.7. The van der Waals surface area contributed by atoms with E-state index in [-0.39, 0.29) is 30.7 Å². The van der Waals surface area contributed by atoms with Crippen LogP contribution in [0.25, 0.3) is 11.2 Å². The Morgan fingerprint density at radius 1 is 1.17 bits per heavy atom. The predicted octanol–water partition coefficient (Wildman–Crippen LogP) is 0.838. The lowest BCUT2D eigenvalue weighted by Crippen LogP contribution is -2.29. The summed E-state index contributed by atoms with van der Waals surface area (Å²) in [5.74, 6) is -0.476. The summed E-state index contributed by atoms with van der Waals surface area (Å²) in [4.78, 5) is 48.7. The summed E-state index contributed by atoms with van der Waals surface area (Å²) in [7, 11) is 0. The lowest BCUT2D eigenvalue weighted by Gasteiger charge is -2.17. The molecule has 1 fully saturated rings. The molecule has 0 aliphatic carbocycles. The number of carbonyl (C=O) groups is 3. The molecule has 1 aromatic carbocycles. The molecule has 0 spiro atoms. The standard InChI is InChI=1S/C23H27N7O6/c1-13(32)24-8-9-25-23-28-19-20(29-22(34)15-6-4-3-5-7-15)26-12-27-21(19)30(23)18-10-16(35-14(2)33)17(11-31)36-18/h3-7,12,16-18,31H,8-11H2,1-2H3,(H,24,32)(H,25,28)(H,26,27,29,34)/t16-,17+,18+/m0/s1. The zero-order valence-electron chi connectivity index (χ0n) is 19.8. The van der Waals surface area contributed by atoms with Crippen LogP contribution < -0.4 is 16.0 Å². The molecule has 2 aromatic heterocycles. The maximum Gasteiger partial charge on any atom is 0.302 e. The average molecular weight is 498 g/mol. The first-order valence-corrected chi connectivity index (χ1v) is 11.4.